The highest BCUT2D eigenvalue weighted by atomic mass is 32.2. The minimum Gasteiger partial charge on any atom is -0.366 e. The average molecular weight is 500 g/mol. The molecule has 1 N–H and O–H groups in total. The molecule has 0 atom stereocenters. The third-order valence-electron chi connectivity index (χ3n) is 6.42. The number of nitrogens with one attached hydrogen (secondary N) is 1. The standard InChI is InChI=1S/C30H45NO3S/c1-18(2)24-16-27(21(7)8)29(28(17-24)22(9)10)15-23(11)31-35(32,33)34-30-25(19(3)4)13-12-14-26(30)20(5)6/h12-14,16-22,31H,11,15H2,1-10H3. The number of allylic oxidation sites excluding steroid dienone is 1. The van der Waals surface area contributed by atoms with E-state index in [9.17, 15) is 8.42 Å². The van der Waals surface area contributed by atoms with E-state index in [1.165, 1.54) is 16.7 Å². The predicted octanol–water partition coefficient (Wildman–Crippen LogP) is 8.27. The van der Waals surface area contributed by atoms with Crippen LogP contribution in [0, 0.1) is 0 Å². The third kappa shape index (κ3) is 7.36. The van der Waals surface area contributed by atoms with Crippen molar-refractivity contribution in [3.05, 3.63) is 76.0 Å². The molecule has 194 valence electrons. The fourth-order valence-electron chi connectivity index (χ4n) is 4.45. The lowest BCUT2D eigenvalue weighted by atomic mass is 9.83. The second kappa shape index (κ2) is 11.6. The van der Waals surface area contributed by atoms with Crippen LogP contribution in [0.5, 0.6) is 5.75 Å². The number of rotatable bonds is 11. The highest BCUT2D eigenvalue weighted by molar-refractivity contribution is 7.85. The molecule has 0 unspecified atom stereocenters. The van der Waals surface area contributed by atoms with Gasteiger partial charge in [-0.1, -0.05) is 106 Å². The van der Waals surface area contributed by atoms with E-state index in [4.69, 9.17) is 4.18 Å². The Labute approximate surface area is 214 Å². The van der Waals surface area contributed by atoms with Crippen LogP contribution in [0.2, 0.25) is 0 Å². The quantitative estimate of drug-likeness (QED) is 0.338. The Balaban J connectivity index is 2.40. The van der Waals surface area contributed by atoms with Crippen molar-refractivity contribution in [3.8, 4) is 5.75 Å². The van der Waals surface area contributed by atoms with E-state index >= 15 is 0 Å². The van der Waals surface area contributed by atoms with Crippen molar-refractivity contribution in [1.82, 2.24) is 4.72 Å². The highest BCUT2D eigenvalue weighted by Crippen LogP contribution is 2.36. The topological polar surface area (TPSA) is 55.4 Å². The number of para-hydroxylation sites is 1. The normalized spacial score (nSPS) is 12.3. The fraction of sp³-hybridized carbons (Fsp3) is 0.533. The molecule has 0 spiro atoms. The van der Waals surface area contributed by atoms with Gasteiger partial charge in [-0.25, -0.2) is 0 Å². The molecule has 0 amide bonds. The lowest BCUT2D eigenvalue weighted by molar-refractivity contribution is 0.467. The van der Waals surface area contributed by atoms with Crippen molar-refractivity contribution in [2.75, 3.05) is 0 Å². The van der Waals surface area contributed by atoms with E-state index in [1.54, 1.807) is 0 Å². The molecule has 2 aromatic carbocycles. The Morgan fingerprint density at radius 1 is 0.771 bits per heavy atom. The summed E-state index contributed by atoms with van der Waals surface area (Å²) in [6, 6.07) is 10.3. The van der Waals surface area contributed by atoms with Gasteiger partial charge in [0, 0.05) is 12.1 Å². The van der Waals surface area contributed by atoms with Crippen LogP contribution in [0.15, 0.2) is 42.6 Å². The van der Waals surface area contributed by atoms with Gasteiger partial charge in [-0.15, -0.1) is 0 Å². The Bertz CT molecular complexity index is 1090. The van der Waals surface area contributed by atoms with E-state index in [-0.39, 0.29) is 11.8 Å². The van der Waals surface area contributed by atoms with E-state index in [0.29, 0.717) is 35.6 Å². The second-order valence-electron chi connectivity index (χ2n) is 11.1. The first kappa shape index (κ1) is 29.0. The summed E-state index contributed by atoms with van der Waals surface area (Å²) < 4.78 is 34.6. The maximum atomic E-state index is 13.1. The zero-order valence-corrected chi connectivity index (χ0v) is 24.1. The first-order valence-corrected chi connectivity index (χ1v) is 14.2. The van der Waals surface area contributed by atoms with Crippen molar-refractivity contribution >= 4 is 10.3 Å². The van der Waals surface area contributed by atoms with Gasteiger partial charge < -0.3 is 4.18 Å². The molecule has 0 saturated carbocycles. The van der Waals surface area contributed by atoms with Crippen LogP contribution >= 0.6 is 0 Å². The zero-order chi connectivity index (χ0) is 26.7. The largest absolute Gasteiger partial charge is 0.407 e. The summed E-state index contributed by atoms with van der Waals surface area (Å²) in [5.74, 6) is 1.73. The maximum Gasteiger partial charge on any atom is 0.407 e. The van der Waals surface area contributed by atoms with Crippen molar-refractivity contribution in [3.63, 3.8) is 0 Å². The molecule has 0 heterocycles. The molecule has 0 radical (unpaired) electrons. The molecule has 0 aromatic heterocycles. The van der Waals surface area contributed by atoms with Crippen molar-refractivity contribution in [2.24, 2.45) is 0 Å². The summed E-state index contributed by atoms with van der Waals surface area (Å²) in [6.07, 6.45) is 0.421. The summed E-state index contributed by atoms with van der Waals surface area (Å²) in [6.45, 7) is 25.3. The van der Waals surface area contributed by atoms with Crippen LogP contribution in [-0.2, 0) is 16.7 Å². The molecule has 4 nitrogen and oxygen atoms in total. The minimum absolute atomic E-state index is 0.128. The summed E-state index contributed by atoms with van der Waals surface area (Å²) in [4.78, 5) is 0. The molecule has 2 rings (SSSR count). The van der Waals surface area contributed by atoms with Crippen LogP contribution in [0.25, 0.3) is 0 Å². The first-order valence-electron chi connectivity index (χ1n) is 12.8. The minimum atomic E-state index is -4.10. The van der Waals surface area contributed by atoms with Gasteiger partial charge in [-0.05, 0) is 63.0 Å². The van der Waals surface area contributed by atoms with Gasteiger partial charge in [0.15, 0.2) is 5.75 Å². The Morgan fingerprint density at radius 3 is 1.57 bits per heavy atom. The summed E-state index contributed by atoms with van der Waals surface area (Å²) in [5.41, 5.74) is 7.10. The monoisotopic (exact) mass is 499 g/mol. The lowest BCUT2D eigenvalue weighted by Crippen LogP contribution is -2.29. The van der Waals surface area contributed by atoms with Crippen LogP contribution < -0.4 is 8.91 Å². The number of benzene rings is 2. The molecule has 0 aliphatic carbocycles. The fourth-order valence-corrected chi connectivity index (χ4v) is 5.32. The zero-order valence-electron chi connectivity index (χ0n) is 23.3. The van der Waals surface area contributed by atoms with Crippen LogP contribution in [0.1, 0.15) is 132 Å². The molecule has 0 aliphatic rings. The number of hydrogen-bond donors (Lipinski definition) is 1. The molecular weight excluding hydrogens is 454 g/mol. The highest BCUT2D eigenvalue weighted by Gasteiger charge is 2.23. The predicted molar refractivity (Wildman–Crippen MR) is 149 cm³/mol. The van der Waals surface area contributed by atoms with Gasteiger partial charge in [-0.3, -0.25) is 4.72 Å². The molecule has 5 heteroatoms. The molecule has 0 bridgehead atoms. The van der Waals surface area contributed by atoms with Gasteiger partial charge in [0.05, 0.1) is 0 Å². The van der Waals surface area contributed by atoms with Gasteiger partial charge in [0.25, 0.3) is 0 Å². The lowest BCUT2D eigenvalue weighted by Gasteiger charge is -2.24. The summed E-state index contributed by atoms with van der Waals surface area (Å²) >= 11 is 0. The Morgan fingerprint density at radius 2 is 1.20 bits per heavy atom. The van der Waals surface area contributed by atoms with Crippen LogP contribution in [0.4, 0.5) is 0 Å². The second-order valence-corrected chi connectivity index (χ2v) is 12.4. The van der Waals surface area contributed by atoms with E-state index in [2.05, 4.69) is 65.0 Å². The van der Waals surface area contributed by atoms with E-state index in [1.807, 2.05) is 45.9 Å². The van der Waals surface area contributed by atoms with Crippen LogP contribution in [0.3, 0.4) is 0 Å². The van der Waals surface area contributed by atoms with Gasteiger partial charge in [0.2, 0.25) is 0 Å². The maximum absolute atomic E-state index is 13.1. The number of hydrogen-bond acceptors (Lipinski definition) is 3. The Kier molecular flexibility index (Phi) is 9.63. The summed E-state index contributed by atoms with van der Waals surface area (Å²) in [5, 5.41) is 0. The molecule has 0 fully saturated rings. The van der Waals surface area contributed by atoms with Gasteiger partial charge in [-0.2, -0.15) is 8.42 Å². The van der Waals surface area contributed by atoms with Crippen molar-refractivity contribution in [2.45, 2.75) is 105 Å². The smallest absolute Gasteiger partial charge is 0.366 e. The van der Waals surface area contributed by atoms with E-state index < -0.39 is 10.3 Å². The molecule has 35 heavy (non-hydrogen) atoms. The van der Waals surface area contributed by atoms with Crippen molar-refractivity contribution < 1.29 is 12.6 Å². The summed E-state index contributed by atoms with van der Waals surface area (Å²) in [7, 11) is -4.10. The first-order chi connectivity index (χ1) is 16.1. The van der Waals surface area contributed by atoms with E-state index in [0.717, 1.165) is 16.7 Å². The van der Waals surface area contributed by atoms with Crippen molar-refractivity contribution in [1.29, 1.82) is 0 Å². The molecule has 0 saturated heterocycles. The SMILES string of the molecule is C=C(Cc1c(C(C)C)cc(C(C)C)cc1C(C)C)NS(=O)(=O)Oc1c(C(C)C)cccc1C(C)C. The molecule has 0 aliphatic heterocycles. The molecule has 2 aromatic rings. The Hall–Kier alpha value is -2.27. The molecular formula is C30H45NO3S. The third-order valence-corrected chi connectivity index (χ3v) is 7.35. The average Bonchev–Trinajstić information content (AvgIpc) is 2.72. The van der Waals surface area contributed by atoms with Gasteiger partial charge in [0.1, 0.15) is 0 Å². The van der Waals surface area contributed by atoms with Crippen LogP contribution in [-0.4, -0.2) is 8.42 Å². The van der Waals surface area contributed by atoms with Gasteiger partial charge >= 0.3 is 10.3 Å².